The molecule has 0 fully saturated rings. The topological polar surface area (TPSA) is 51.5 Å². The summed E-state index contributed by atoms with van der Waals surface area (Å²) >= 11 is 17.8. The largest absolute Gasteiger partial charge is 0.456 e. The predicted molar refractivity (Wildman–Crippen MR) is 143 cm³/mol. The third kappa shape index (κ3) is 7.43. The molecule has 1 aromatic carbocycles. The normalized spacial score (nSPS) is 11.8. The summed E-state index contributed by atoms with van der Waals surface area (Å²) in [7, 11) is 1.99. The van der Waals surface area contributed by atoms with E-state index in [2.05, 4.69) is 26.9 Å². The zero-order chi connectivity index (χ0) is 25.0. The molecule has 182 valence electrons. The molecule has 0 N–H and O–H groups in total. The molecule has 0 aliphatic heterocycles. The summed E-state index contributed by atoms with van der Waals surface area (Å²) in [6.45, 7) is 7.15. The van der Waals surface area contributed by atoms with Crippen molar-refractivity contribution < 1.29 is 9.53 Å². The number of carbonyl (C=O) groups is 1. The smallest absolute Gasteiger partial charge is 0.338 e. The van der Waals surface area contributed by atoms with Gasteiger partial charge in [0.25, 0.3) is 5.56 Å². The number of rotatable bonds is 8. The quantitative estimate of drug-likeness (QED) is 0.272. The van der Waals surface area contributed by atoms with Crippen molar-refractivity contribution in [3.05, 3.63) is 88.3 Å². The Kier molecular flexibility index (Phi) is 9.04. The molecular weight excluding hydrogens is 559 g/mol. The highest BCUT2D eigenvalue weighted by Crippen LogP contribution is 2.25. The van der Waals surface area contributed by atoms with Gasteiger partial charge in [0.05, 0.1) is 20.1 Å². The number of aryl methyl sites for hydroxylation is 1. The van der Waals surface area contributed by atoms with E-state index in [1.807, 2.05) is 46.0 Å². The molecule has 34 heavy (non-hydrogen) atoms. The lowest BCUT2D eigenvalue weighted by Gasteiger charge is -2.21. The maximum atomic E-state index is 12.9. The van der Waals surface area contributed by atoms with Gasteiger partial charge in [-0.05, 0) is 86.1 Å². The van der Waals surface area contributed by atoms with Gasteiger partial charge < -0.3 is 9.30 Å². The lowest BCUT2D eigenvalue weighted by molar-refractivity contribution is 0.00695. The number of thiophene rings is 1. The Morgan fingerprint density at radius 2 is 1.76 bits per heavy atom. The summed E-state index contributed by atoms with van der Waals surface area (Å²) in [5.41, 5.74) is 1.38. The van der Waals surface area contributed by atoms with Crippen molar-refractivity contribution in [1.82, 2.24) is 9.47 Å². The number of ether oxygens (including phenoxy) is 1. The van der Waals surface area contributed by atoms with Crippen LogP contribution in [0, 0.1) is 0 Å². The second kappa shape index (κ2) is 11.4. The fourth-order valence-electron chi connectivity index (χ4n) is 3.43. The van der Waals surface area contributed by atoms with Gasteiger partial charge in [-0.3, -0.25) is 9.69 Å². The first-order chi connectivity index (χ1) is 15.9. The molecule has 0 amide bonds. The second-order valence-electron chi connectivity index (χ2n) is 9.07. The van der Waals surface area contributed by atoms with Crippen molar-refractivity contribution >= 4 is 56.4 Å². The molecule has 0 spiro atoms. The van der Waals surface area contributed by atoms with E-state index in [-0.39, 0.29) is 16.6 Å². The van der Waals surface area contributed by atoms with Crippen LogP contribution in [0.4, 0.5) is 0 Å². The standard InChI is InChI=1S/C25H27BrCl2N2O3S/c1-25(2,3)33-24(32)17-7-5-16(6-8-17)11-12-30-21(19(27)13-20(28)23(30)31)15-29(4)14-18-9-10-22(26)34-18/h5-10,13H,11-12,14-15H2,1-4H3. The van der Waals surface area contributed by atoms with Crippen molar-refractivity contribution in [2.24, 2.45) is 0 Å². The first-order valence-electron chi connectivity index (χ1n) is 10.8. The lowest BCUT2D eigenvalue weighted by atomic mass is 10.1. The molecule has 0 radical (unpaired) electrons. The first-order valence-corrected chi connectivity index (χ1v) is 13.1. The minimum absolute atomic E-state index is 0.0962. The lowest BCUT2D eigenvalue weighted by Crippen LogP contribution is -2.29. The summed E-state index contributed by atoms with van der Waals surface area (Å²) in [6.07, 6.45) is 0.583. The molecule has 9 heteroatoms. The number of halogens is 3. The Bertz CT molecular complexity index is 1220. The van der Waals surface area contributed by atoms with Crippen molar-refractivity contribution in [1.29, 1.82) is 0 Å². The molecule has 0 saturated heterocycles. The molecule has 0 bridgehead atoms. The molecule has 3 aromatic rings. The maximum absolute atomic E-state index is 12.9. The van der Waals surface area contributed by atoms with Crippen LogP contribution < -0.4 is 5.56 Å². The van der Waals surface area contributed by atoms with E-state index in [9.17, 15) is 9.59 Å². The van der Waals surface area contributed by atoms with Crippen molar-refractivity contribution in [3.8, 4) is 0 Å². The number of aromatic nitrogens is 1. The van der Waals surface area contributed by atoms with Gasteiger partial charge in [0.15, 0.2) is 0 Å². The minimum atomic E-state index is -0.549. The average molecular weight is 586 g/mol. The molecule has 3 rings (SSSR count). The fraction of sp³-hybridized carbons (Fsp3) is 0.360. The molecule has 0 aliphatic carbocycles. The third-order valence-corrected chi connectivity index (χ3v) is 7.20. The van der Waals surface area contributed by atoms with Crippen molar-refractivity contribution in [3.63, 3.8) is 0 Å². The highest BCUT2D eigenvalue weighted by Gasteiger charge is 2.18. The summed E-state index contributed by atoms with van der Waals surface area (Å²) in [4.78, 5) is 28.4. The van der Waals surface area contributed by atoms with Gasteiger partial charge in [-0.1, -0.05) is 35.3 Å². The first kappa shape index (κ1) is 27.0. The minimum Gasteiger partial charge on any atom is -0.456 e. The van der Waals surface area contributed by atoms with Gasteiger partial charge >= 0.3 is 5.97 Å². The van der Waals surface area contributed by atoms with Crippen molar-refractivity contribution in [2.45, 2.75) is 52.4 Å². The molecule has 0 aliphatic rings. The maximum Gasteiger partial charge on any atom is 0.338 e. The predicted octanol–water partition coefficient (Wildman–Crippen LogP) is 6.81. The van der Waals surface area contributed by atoms with Crippen LogP contribution in [0.5, 0.6) is 0 Å². The van der Waals surface area contributed by atoms with E-state index in [0.29, 0.717) is 30.1 Å². The Morgan fingerprint density at radius 1 is 1.09 bits per heavy atom. The summed E-state index contributed by atoms with van der Waals surface area (Å²) < 4.78 is 8.14. The summed E-state index contributed by atoms with van der Waals surface area (Å²) in [5.74, 6) is -0.361. The van der Waals surface area contributed by atoms with E-state index in [0.717, 1.165) is 21.6 Å². The number of hydrogen-bond donors (Lipinski definition) is 0. The van der Waals surface area contributed by atoms with Gasteiger partial charge in [0, 0.05) is 24.5 Å². The Labute approximate surface area is 222 Å². The number of pyridine rings is 1. The number of hydrogen-bond acceptors (Lipinski definition) is 5. The van der Waals surface area contributed by atoms with Crippen LogP contribution in [0.1, 0.15) is 47.3 Å². The summed E-state index contributed by atoms with van der Waals surface area (Å²) in [6, 6.07) is 12.8. The number of esters is 1. The van der Waals surface area contributed by atoms with Crippen LogP contribution in [0.15, 0.2) is 51.0 Å². The Morgan fingerprint density at radius 3 is 2.35 bits per heavy atom. The number of nitrogens with zero attached hydrogens (tertiary/aromatic N) is 2. The monoisotopic (exact) mass is 584 g/mol. The van der Waals surface area contributed by atoms with E-state index >= 15 is 0 Å². The Balaban J connectivity index is 1.75. The molecule has 5 nitrogen and oxygen atoms in total. The summed E-state index contributed by atoms with van der Waals surface area (Å²) in [5, 5.41) is 0.558. The Hall–Kier alpha value is -1.64. The highest BCUT2D eigenvalue weighted by molar-refractivity contribution is 9.11. The van der Waals surface area contributed by atoms with Gasteiger partial charge in [-0.25, -0.2) is 4.79 Å². The zero-order valence-electron chi connectivity index (χ0n) is 19.5. The highest BCUT2D eigenvalue weighted by atomic mass is 79.9. The molecule has 2 aromatic heterocycles. The SMILES string of the molecule is CN(Cc1ccc(Br)s1)Cc1c(Cl)cc(Cl)c(=O)n1CCc1ccc(C(=O)OC(C)(C)C)cc1. The molecule has 0 atom stereocenters. The van der Waals surface area contributed by atoms with Crippen LogP contribution in [0.25, 0.3) is 0 Å². The zero-order valence-corrected chi connectivity index (χ0v) is 23.4. The number of benzene rings is 1. The second-order valence-corrected chi connectivity index (χ2v) is 12.4. The van der Waals surface area contributed by atoms with Gasteiger partial charge in [0.2, 0.25) is 0 Å². The molecule has 0 unspecified atom stereocenters. The van der Waals surface area contributed by atoms with E-state index in [4.69, 9.17) is 27.9 Å². The van der Waals surface area contributed by atoms with Gasteiger partial charge in [0.1, 0.15) is 10.6 Å². The van der Waals surface area contributed by atoms with Crippen LogP contribution in [0.3, 0.4) is 0 Å². The van der Waals surface area contributed by atoms with Gasteiger partial charge in [-0.2, -0.15) is 0 Å². The molecular formula is C25H27BrCl2N2O3S. The third-order valence-electron chi connectivity index (χ3n) is 4.99. The van der Waals surface area contributed by atoms with E-state index in [1.54, 1.807) is 28.0 Å². The van der Waals surface area contributed by atoms with E-state index in [1.165, 1.54) is 10.9 Å². The van der Waals surface area contributed by atoms with E-state index < -0.39 is 5.60 Å². The van der Waals surface area contributed by atoms with Crippen LogP contribution in [-0.2, 0) is 30.8 Å². The fourth-order valence-corrected chi connectivity index (χ4v) is 5.54. The van der Waals surface area contributed by atoms with Crippen LogP contribution in [0.2, 0.25) is 10.0 Å². The average Bonchev–Trinajstić information content (AvgIpc) is 3.15. The van der Waals surface area contributed by atoms with Crippen LogP contribution in [-0.4, -0.2) is 28.1 Å². The molecule has 2 heterocycles. The van der Waals surface area contributed by atoms with Crippen LogP contribution >= 0.6 is 50.5 Å². The molecule has 0 saturated carbocycles. The number of carbonyl (C=O) groups excluding carboxylic acids is 1. The van der Waals surface area contributed by atoms with Gasteiger partial charge in [-0.15, -0.1) is 11.3 Å². The van der Waals surface area contributed by atoms with Crippen molar-refractivity contribution in [2.75, 3.05) is 7.05 Å².